The summed E-state index contributed by atoms with van der Waals surface area (Å²) in [6.07, 6.45) is 5.01. The Hall–Kier alpha value is -3.13. The molecule has 1 heterocycles. The third kappa shape index (κ3) is 2.99. The number of hydrogen-bond acceptors (Lipinski definition) is 1. The quantitative estimate of drug-likeness (QED) is 0.503. The molecular formula is C22H18N2. The zero-order valence-corrected chi connectivity index (χ0v) is 13.3. The molecule has 0 aliphatic heterocycles. The monoisotopic (exact) mass is 310 g/mol. The predicted molar refractivity (Wildman–Crippen MR) is 101 cm³/mol. The predicted octanol–water partition coefficient (Wildman–Crippen LogP) is 5.26. The van der Waals surface area contributed by atoms with Gasteiger partial charge >= 0.3 is 0 Å². The van der Waals surface area contributed by atoms with Gasteiger partial charge in [0.1, 0.15) is 0 Å². The van der Waals surface area contributed by atoms with Gasteiger partial charge in [0.2, 0.25) is 0 Å². The third-order valence-corrected chi connectivity index (χ3v) is 4.13. The number of hydrogen-bond donors (Lipinski definition) is 0. The summed E-state index contributed by atoms with van der Waals surface area (Å²) in [6.45, 7) is 0. The highest BCUT2D eigenvalue weighted by atomic mass is 15.3. The molecule has 0 bridgehead atoms. The molecule has 4 rings (SSSR count). The molecule has 0 amide bonds. The van der Waals surface area contributed by atoms with Crippen molar-refractivity contribution in [2.45, 2.75) is 6.42 Å². The minimum atomic E-state index is 0.862. The maximum Gasteiger partial charge on any atom is 0.0930 e. The fourth-order valence-electron chi connectivity index (χ4n) is 2.91. The Balaban J connectivity index is 1.77. The molecule has 0 spiro atoms. The van der Waals surface area contributed by atoms with Crippen molar-refractivity contribution >= 4 is 23.2 Å². The van der Waals surface area contributed by atoms with E-state index in [0.717, 1.165) is 11.9 Å². The topological polar surface area (TPSA) is 17.8 Å². The van der Waals surface area contributed by atoms with Gasteiger partial charge in [-0.25, -0.2) is 4.68 Å². The first-order valence-electron chi connectivity index (χ1n) is 8.13. The van der Waals surface area contributed by atoms with Gasteiger partial charge in [0, 0.05) is 18.0 Å². The summed E-state index contributed by atoms with van der Waals surface area (Å²) in [5.41, 5.74) is 4.70. The van der Waals surface area contributed by atoms with Crippen LogP contribution >= 0.6 is 0 Å². The van der Waals surface area contributed by atoms with E-state index in [1.54, 1.807) is 0 Å². The van der Waals surface area contributed by atoms with Crippen LogP contribution in [0.2, 0.25) is 0 Å². The van der Waals surface area contributed by atoms with Crippen molar-refractivity contribution in [3.8, 4) is 0 Å². The van der Waals surface area contributed by atoms with Gasteiger partial charge in [0.25, 0.3) is 0 Å². The minimum absolute atomic E-state index is 0.862. The van der Waals surface area contributed by atoms with Gasteiger partial charge in [-0.3, -0.25) is 0 Å². The van der Waals surface area contributed by atoms with Crippen LogP contribution in [0.25, 0.3) is 23.2 Å². The molecule has 0 aliphatic rings. The Labute approximate surface area is 141 Å². The van der Waals surface area contributed by atoms with Crippen LogP contribution in [-0.4, -0.2) is 9.78 Å². The summed E-state index contributed by atoms with van der Waals surface area (Å²) in [4.78, 5) is 0. The van der Waals surface area contributed by atoms with Gasteiger partial charge < -0.3 is 0 Å². The SMILES string of the molecule is C(=Cn1nc2ccccc2c1Cc1ccccc1)c1ccccc1. The highest BCUT2D eigenvalue weighted by Crippen LogP contribution is 2.22. The standard InChI is InChI=1S/C22H18N2/c1-3-9-18(10-4-1)15-16-24-22(17-19-11-5-2-6-12-19)20-13-7-8-14-21(20)23-24/h1-16H,17H2. The Morgan fingerprint density at radius 2 is 1.42 bits per heavy atom. The zero-order chi connectivity index (χ0) is 16.2. The second-order valence-electron chi connectivity index (χ2n) is 5.80. The lowest BCUT2D eigenvalue weighted by atomic mass is 10.1. The van der Waals surface area contributed by atoms with E-state index in [1.807, 2.05) is 41.2 Å². The van der Waals surface area contributed by atoms with Crippen molar-refractivity contribution in [2.75, 3.05) is 0 Å². The smallest absolute Gasteiger partial charge is 0.0930 e. The molecule has 0 saturated carbocycles. The average molecular weight is 310 g/mol. The van der Waals surface area contributed by atoms with E-state index in [0.29, 0.717) is 0 Å². The number of benzene rings is 3. The van der Waals surface area contributed by atoms with Crippen molar-refractivity contribution in [2.24, 2.45) is 0 Å². The van der Waals surface area contributed by atoms with Crippen LogP contribution in [0.1, 0.15) is 16.8 Å². The van der Waals surface area contributed by atoms with Gasteiger partial charge in [0.05, 0.1) is 11.2 Å². The Kier molecular flexibility index (Phi) is 3.95. The van der Waals surface area contributed by atoms with E-state index < -0.39 is 0 Å². The van der Waals surface area contributed by atoms with Gasteiger partial charge in [0.15, 0.2) is 0 Å². The summed E-state index contributed by atoms with van der Waals surface area (Å²) >= 11 is 0. The summed E-state index contributed by atoms with van der Waals surface area (Å²) in [5, 5.41) is 5.96. The van der Waals surface area contributed by atoms with E-state index >= 15 is 0 Å². The third-order valence-electron chi connectivity index (χ3n) is 4.13. The fourth-order valence-corrected chi connectivity index (χ4v) is 2.91. The van der Waals surface area contributed by atoms with E-state index in [-0.39, 0.29) is 0 Å². The lowest BCUT2D eigenvalue weighted by molar-refractivity contribution is 0.884. The van der Waals surface area contributed by atoms with Gasteiger partial charge in [-0.05, 0) is 23.3 Å². The minimum Gasteiger partial charge on any atom is -0.244 e. The molecule has 3 aromatic carbocycles. The molecule has 2 nitrogen and oxygen atoms in total. The summed E-state index contributed by atoms with van der Waals surface area (Å²) < 4.78 is 2.00. The van der Waals surface area contributed by atoms with E-state index in [4.69, 9.17) is 5.10 Å². The number of aromatic nitrogens is 2. The van der Waals surface area contributed by atoms with Crippen molar-refractivity contribution in [3.05, 3.63) is 102 Å². The number of rotatable bonds is 4. The molecule has 0 N–H and O–H groups in total. The first-order chi connectivity index (χ1) is 11.9. The Morgan fingerprint density at radius 1 is 0.750 bits per heavy atom. The zero-order valence-electron chi connectivity index (χ0n) is 13.3. The van der Waals surface area contributed by atoms with E-state index in [2.05, 4.69) is 60.7 Å². The molecule has 0 radical (unpaired) electrons. The molecule has 0 aliphatic carbocycles. The maximum atomic E-state index is 4.75. The number of fused-ring (bicyclic) bond motifs is 1. The highest BCUT2D eigenvalue weighted by Gasteiger charge is 2.09. The summed E-state index contributed by atoms with van der Waals surface area (Å²) in [5.74, 6) is 0. The Morgan fingerprint density at radius 3 is 2.21 bits per heavy atom. The van der Waals surface area contributed by atoms with Crippen LogP contribution < -0.4 is 0 Å². The average Bonchev–Trinajstić information content (AvgIpc) is 2.99. The van der Waals surface area contributed by atoms with Crippen LogP contribution in [-0.2, 0) is 6.42 Å². The van der Waals surface area contributed by atoms with Crippen LogP contribution in [0.4, 0.5) is 0 Å². The molecule has 0 atom stereocenters. The number of nitrogens with zero attached hydrogens (tertiary/aromatic N) is 2. The largest absolute Gasteiger partial charge is 0.244 e. The van der Waals surface area contributed by atoms with Crippen LogP contribution in [0.3, 0.4) is 0 Å². The molecular weight excluding hydrogens is 292 g/mol. The highest BCUT2D eigenvalue weighted by molar-refractivity contribution is 5.83. The van der Waals surface area contributed by atoms with Crippen LogP contribution in [0.15, 0.2) is 84.9 Å². The summed E-state index contributed by atoms with van der Waals surface area (Å²) in [6, 6.07) is 29.2. The van der Waals surface area contributed by atoms with Gasteiger partial charge in [-0.2, -0.15) is 5.10 Å². The Bertz CT molecular complexity index is 967. The second-order valence-corrected chi connectivity index (χ2v) is 5.80. The van der Waals surface area contributed by atoms with Crippen molar-refractivity contribution in [3.63, 3.8) is 0 Å². The molecule has 116 valence electrons. The maximum absolute atomic E-state index is 4.75. The van der Waals surface area contributed by atoms with E-state index in [9.17, 15) is 0 Å². The molecule has 1 aromatic heterocycles. The normalized spacial score (nSPS) is 11.3. The van der Waals surface area contributed by atoms with E-state index in [1.165, 1.54) is 22.2 Å². The molecule has 0 unspecified atom stereocenters. The van der Waals surface area contributed by atoms with Gasteiger partial charge in [-0.15, -0.1) is 0 Å². The van der Waals surface area contributed by atoms with Crippen LogP contribution in [0.5, 0.6) is 0 Å². The first kappa shape index (κ1) is 14.5. The molecule has 4 aromatic rings. The molecule has 0 saturated heterocycles. The first-order valence-corrected chi connectivity index (χ1v) is 8.13. The van der Waals surface area contributed by atoms with Crippen molar-refractivity contribution in [1.29, 1.82) is 0 Å². The molecule has 2 heteroatoms. The lowest BCUT2D eigenvalue weighted by Crippen LogP contribution is -1.98. The second kappa shape index (κ2) is 6.55. The van der Waals surface area contributed by atoms with Crippen molar-refractivity contribution in [1.82, 2.24) is 9.78 Å². The molecule has 24 heavy (non-hydrogen) atoms. The molecule has 0 fully saturated rings. The lowest BCUT2D eigenvalue weighted by Gasteiger charge is -2.04. The fraction of sp³-hybridized carbons (Fsp3) is 0.0455. The van der Waals surface area contributed by atoms with Gasteiger partial charge in [-0.1, -0.05) is 78.9 Å². The summed E-state index contributed by atoms with van der Waals surface area (Å²) in [7, 11) is 0. The van der Waals surface area contributed by atoms with Crippen LogP contribution in [0, 0.1) is 0 Å². The van der Waals surface area contributed by atoms with Crippen molar-refractivity contribution < 1.29 is 0 Å².